The van der Waals surface area contributed by atoms with Crippen molar-refractivity contribution in [3.8, 4) is 0 Å². The van der Waals surface area contributed by atoms with Gasteiger partial charge in [0, 0.05) is 0 Å². The third kappa shape index (κ3) is 1.01. The van der Waals surface area contributed by atoms with Crippen molar-refractivity contribution < 1.29 is 4.39 Å². The molecular weight excluding hydrogens is 103 g/mol. The van der Waals surface area contributed by atoms with Crippen LogP contribution in [0.2, 0.25) is 0 Å². The maximum Gasteiger partial charge on any atom is 0.101 e. The first kappa shape index (κ1) is 6.06. The van der Waals surface area contributed by atoms with Gasteiger partial charge in [0.1, 0.15) is 6.17 Å². The third-order valence-corrected chi connectivity index (χ3v) is 2.23. The lowest BCUT2D eigenvalue weighted by molar-refractivity contribution is 0.331. The summed E-state index contributed by atoms with van der Waals surface area (Å²) >= 11 is 0. The lowest BCUT2D eigenvalue weighted by atomic mass is 10.0. The number of hydrogen-bond donors (Lipinski definition) is 0. The van der Waals surface area contributed by atoms with Gasteiger partial charge in [-0.05, 0) is 24.7 Å². The fraction of sp³-hybridized carbons (Fsp3) is 1.00. The Morgan fingerprint density at radius 3 is 1.62 bits per heavy atom. The molecular formula is C7H13F. The standard InChI is InChI=1S/C7H13F/c1-5-3-7(8)4-6(5)2/h5-7H,3-4H2,1-2H3/t5-,6?,7?/m1/s1. The number of alkyl halides is 1. The van der Waals surface area contributed by atoms with Gasteiger partial charge >= 0.3 is 0 Å². The van der Waals surface area contributed by atoms with Crippen LogP contribution < -0.4 is 0 Å². The van der Waals surface area contributed by atoms with E-state index in [0.717, 1.165) is 12.8 Å². The van der Waals surface area contributed by atoms with E-state index in [1.54, 1.807) is 0 Å². The van der Waals surface area contributed by atoms with E-state index in [-0.39, 0.29) is 0 Å². The second-order valence-electron chi connectivity index (χ2n) is 3.02. The molecule has 0 spiro atoms. The summed E-state index contributed by atoms with van der Waals surface area (Å²) in [6.07, 6.45) is 1.09. The molecule has 48 valence electrons. The maximum atomic E-state index is 12.4. The van der Waals surface area contributed by atoms with Crippen molar-refractivity contribution in [1.29, 1.82) is 0 Å². The average Bonchev–Trinajstić information content (AvgIpc) is 1.85. The smallest absolute Gasteiger partial charge is 0.101 e. The highest BCUT2D eigenvalue weighted by Crippen LogP contribution is 2.32. The van der Waals surface area contributed by atoms with Crippen molar-refractivity contribution in [3.63, 3.8) is 0 Å². The molecule has 0 aromatic carbocycles. The molecule has 1 fully saturated rings. The third-order valence-electron chi connectivity index (χ3n) is 2.23. The molecule has 1 saturated carbocycles. The average molecular weight is 116 g/mol. The molecule has 0 aliphatic heterocycles. The topological polar surface area (TPSA) is 0 Å². The summed E-state index contributed by atoms with van der Waals surface area (Å²) in [6, 6.07) is 0. The zero-order valence-corrected chi connectivity index (χ0v) is 5.52. The summed E-state index contributed by atoms with van der Waals surface area (Å²) < 4.78 is 12.4. The number of hydrogen-bond acceptors (Lipinski definition) is 0. The molecule has 0 bridgehead atoms. The van der Waals surface area contributed by atoms with Crippen LogP contribution in [0.15, 0.2) is 0 Å². The molecule has 0 N–H and O–H groups in total. The molecule has 0 amide bonds. The SMILES string of the molecule is CC1CC(F)C[C@H]1C. The predicted molar refractivity (Wildman–Crippen MR) is 32.5 cm³/mol. The van der Waals surface area contributed by atoms with Crippen LogP contribution in [0.4, 0.5) is 4.39 Å². The van der Waals surface area contributed by atoms with Gasteiger partial charge < -0.3 is 0 Å². The Bertz CT molecular complexity index is 70.5. The Morgan fingerprint density at radius 1 is 1.12 bits per heavy atom. The van der Waals surface area contributed by atoms with E-state index < -0.39 is 6.17 Å². The van der Waals surface area contributed by atoms with Gasteiger partial charge in [-0.3, -0.25) is 0 Å². The fourth-order valence-corrected chi connectivity index (χ4v) is 1.37. The molecule has 0 aromatic rings. The van der Waals surface area contributed by atoms with Gasteiger partial charge in [-0.2, -0.15) is 0 Å². The van der Waals surface area contributed by atoms with E-state index in [9.17, 15) is 4.39 Å². The van der Waals surface area contributed by atoms with Gasteiger partial charge in [-0.1, -0.05) is 13.8 Å². The van der Waals surface area contributed by atoms with Crippen LogP contribution in [0.5, 0.6) is 0 Å². The van der Waals surface area contributed by atoms with Crippen molar-refractivity contribution in [2.45, 2.75) is 32.9 Å². The zero-order valence-electron chi connectivity index (χ0n) is 5.52. The van der Waals surface area contributed by atoms with Crippen LogP contribution in [0, 0.1) is 11.8 Å². The van der Waals surface area contributed by atoms with E-state index in [1.165, 1.54) is 0 Å². The molecule has 1 aliphatic rings. The van der Waals surface area contributed by atoms with Gasteiger partial charge in [0.25, 0.3) is 0 Å². The fourth-order valence-electron chi connectivity index (χ4n) is 1.37. The van der Waals surface area contributed by atoms with E-state index in [1.807, 2.05) is 0 Å². The Hall–Kier alpha value is -0.0700. The van der Waals surface area contributed by atoms with Crippen molar-refractivity contribution >= 4 is 0 Å². The molecule has 1 aliphatic carbocycles. The molecule has 0 radical (unpaired) electrons. The minimum Gasteiger partial charge on any atom is -0.247 e. The summed E-state index contributed by atoms with van der Waals surface area (Å²) in [5.41, 5.74) is 0. The van der Waals surface area contributed by atoms with E-state index in [0.29, 0.717) is 11.8 Å². The van der Waals surface area contributed by atoms with Crippen molar-refractivity contribution in [1.82, 2.24) is 0 Å². The molecule has 0 nitrogen and oxygen atoms in total. The van der Waals surface area contributed by atoms with Crippen LogP contribution in [-0.4, -0.2) is 6.17 Å². The Kier molecular flexibility index (Phi) is 1.54. The summed E-state index contributed by atoms with van der Waals surface area (Å²) in [5, 5.41) is 0. The second kappa shape index (κ2) is 2.04. The zero-order chi connectivity index (χ0) is 6.15. The summed E-state index contributed by atoms with van der Waals surface area (Å²) in [4.78, 5) is 0. The first-order valence-corrected chi connectivity index (χ1v) is 3.34. The van der Waals surface area contributed by atoms with Gasteiger partial charge in [-0.25, -0.2) is 4.39 Å². The molecule has 0 saturated heterocycles. The Labute approximate surface area is 50.1 Å². The maximum absolute atomic E-state index is 12.4. The number of halogens is 1. The number of rotatable bonds is 0. The van der Waals surface area contributed by atoms with Crippen LogP contribution in [0.3, 0.4) is 0 Å². The van der Waals surface area contributed by atoms with Crippen molar-refractivity contribution in [3.05, 3.63) is 0 Å². The molecule has 1 rings (SSSR count). The molecule has 0 aromatic heterocycles. The van der Waals surface area contributed by atoms with Gasteiger partial charge in [-0.15, -0.1) is 0 Å². The first-order valence-electron chi connectivity index (χ1n) is 3.34. The van der Waals surface area contributed by atoms with Gasteiger partial charge in [0.2, 0.25) is 0 Å². The summed E-state index contributed by atoms with van der Waals surface area (Å²) in [6.45, 7) is 4.26. The van der Waals surface area contributed by atoms with E-state index in [4.69, 9.17) is 0 Å². The van der Waals surface area contributed by atoms with Crippen LogP contribution in [0.25, 0.3) is 0 Å². The van der Waals surface area contributed by atoms with E-state index in [2.05, 4.69) is 13.8 Å². The summed E-state index contributed by atoms with van der Waals surface area (Å²) in [7, 11) is 0. The molecule has 0 heterocycles. The molecule has 8 heavy (non-hydrogen) atoms. The lowest BCUT2D eigenvalue weighted by Gasteiger charge is -2.04. The van der Waals surface area contributed by atoms with Gasteiger partial charge in [0.05, 0.1) is 0 Å². The minimum absolute atomic E-state index is 0.500. The lowest BCUT2D eigenvalue weighted by Crippen LogP contribution is -1.95. The largest absolute Gasteiger partial charge is 0.247 e. The van der Waals surface area contributed by atoms with Crippen LogP contribution in [0.1, 0.15) is 26.7 Å². The molecule has 2 unspecified atom stereocenters. The van der Waals surface area contributed by atoms with Crippen molar-refractivity contribution in [2.24, 2.45) is 11.8 Å². The summed E-state index contributed by atoms with van der Waals surface area (Å²) in [5.74, 6) is 1.23. The predicted octanol–water partition coefficient (Wildman–Crippen LogP) is 2.39. The minimum atomic E-state index is -0.500. The molecule has 1 heteroatoms. The Balaban J connectivity index is 2.39. The van der Waals surface area contributed by atoms with Crippen molar-refractivity contribution in [2.75, 3.05) is 0 Å². The molecule has 3 atom stereocenters. The highest BCUT2D eigenvalue weighted by atomic mass is 19.1. The second-order valence-corrected chi connectivity index (χ2v) is 3.02. The highest BCUT2D eigenvalue weighted by Gasteiger charge is 2.27. The first-order chi connectivity index (χ1) is 3.70. The Morgan fingerprint density at radius 2 is 1.50 bits per heavy atom. The van der Waals surface area contributed by atoms with Crippen LogP contribution >= 0.6 is 0 Å². The van der Waals surface area contributed by atoms with Gasteiger partial charge in [0.15, 0.2) is 0 Å². The highest BCUT2D eigenvalue weighted by molar-refractivity contribution is 4.77. The van der Waals surface area contributed by atoms with E-state index >= 15 is 0 Å². The quantitative estimate of drug-likeness (QED) is 0.456. The monoisotopic (exact) mass is 116 g/mol. The normalized spacial score (nSPS) is 47.6. The van der Waals surface area contributed by atoms with Crippen LogP contribution in [-0.2, 0) is 0 Å².